The fourth-order valence-corrected chi connectivity index (χ4v) is 3.86. The molecule has 0 spiro atoms. The predicted molar refractivity (Wildman–Crippen MR) is 120 cm³/mol. The fraction of sp³-hybridized carbons (Fsp3) is 0.174. The summed E-state index contributed by atoms with van der Waals surface area (Å²) in [5.74, 6) is 1.59. The lowest BCUT2D eigenvalue weighted by Crippen LogP contribution is -2.14. The molecule has 2 aromatic heterocycles. The Bertz CT molecular complexity index is 1190. The first kappa shape index (κ1) is 21.8. The summed E-state index contributed by atoms with van der Waals surface area (Å²) >= 11 is 3.45. The van der Waals surface area contributed by atoms with Gasteiger partial charge < -0.3 is 18.6 Å². The van der Waals surface area contributed by atoms with Crippen LogP contribution in [0.15, 0.2) is 69.8 Å². The minimum absolute atomic E-state index is 0.188. The summed E-state index contributed by atoms with van der Waals surface area (Å²) < 4.78 is 24.5. The number of Topliss-reactive ketones (excluding diaryl/α,β-unsaturated/α-hetero) is 1. The number of hydrogen-bond donors (Lipinski definition) is 0. The zero-order valence-electron chi connectivity index (χ0n) is 17.6. The molecule has 0 amide bonds. The third-order valence-electron chi connectivity index (χ3n) is 4.94. The molecule has 0 aliphatic rings. The van der Waals surface area contributed by atoms with Gasteiger partial charge in [0.05, 0.1) is 32.3 Å². The molecule has 4 rings (SSSR count). The van der Waals surface area contributed by atoms with E-state index in [9.17, 15) is 4.79 Å². The summed E-state index contributed by atoms with van der Waals surface area (Å²) in [5, 5.41) is 7.76. The van der Waals surface area contributed by atoms with Crippen LogP contribution in [-0.2, 0) is 4.74 Å². The largest absolute Gasteiger partial charge is 0.495 e. The second-order valence-corrected chi connectivity index (χ2v) is 7.57. The van der Waals surface area contributed by atoms with E-state index in [1.54, 1.807) is 55.6 Å². The predicted octanol–water partition coefficient (Wildman–Crippen LogP) is 4.88. The molecule has 32 heavy (non-hydrogen) atoms. The number of halogens is 1. The van der Waals surface area contributed by atoms with Gasteiger partial charge in [-0.2, -0.15) is 0 Å². The Balaban J connectivity index is 1.60. The molecule has 0 fully saturated rings. The Morgan fingerprint density at radius 3 is 2.28 bits per heavy atom. The minimum Gasteiger partial charge on any atom is -0.495 e. The highest BCUT2D eigenvalue weighted by Crippen LogP contribution is 2.39. The van der Waals surface area contributed by atoms with Gasteiger partial charge in [-0.3, -0.25) is 4.79 Å². The molecule has 164 valence electrons. The second-order valence-electron chi connectivity index (χ2n) is 6.78. The van der Waals surface area contributed by atoms with Gasteiger partial charge in [0.25, 0.3) is 0 Å². The van der Waals surface area contributed by atoms with Crippen molar-refractivity contribution < 1.29 is 23.4 Å². The number of hydrogen-bond acceptors (Lipinski definition) is 7. The number of nitrogens with zero attached hydrogens (tertiary/aromatic N) is 3. The molecule has 0 aliphatic heterocycles. The lowest BCUT2D eigenvalue weighted by molar-refractivity contribution is 0.0577. The molecular formula is C23H20BrN3O5. The van der Waals surface area contributed by atoms with Gasteiger partial charge in [0, 0.05) is 12.7 Å². The second kappa shape index (κ2) is 9.37. The van der Waals surface area contributed by atoms with Crippen LogP contribution in [-0.4, -0.2) is 42.1 Å². The van der Waals surface area contributed by atoms with Crippen molar-refractivity contribution in [2.75, 3.05) is 21.3 Å². The molecule has 0 aliphatic carbocycles. The summed E-state index contributed by atoms with van der Waals surface area (Å²) in [5.41, 5.74) is 2.24. The van der Waals surface area contributed by atoms with Crippen molar-refractivity contribution in [1.82, 2.24) is 15.0 Å². The molecule has 0 saturated carbocycles. The van der Waals surface area contributed by atoms with E-state index in [0.717, 1.165) is 5.69 Å². The number of carbonyl (C=O) groups is 1. The van der Waals surface area contributed by atoms with Crippen LogP contribution in [0.2, 0.25) is 0 Å². The Morgan fingerprint density at radius 1 is 1.03 bits per heavy atom. The van der Waals surface area contributed by atoms with Crippen LogP contribution in [0.4, 0.5) is 0 Å². The minimum atomic E-state index is -0.812. The van der Waals surface area contributed by atoms with Crippen LogP contribution in [0.1, 0.15) is 22.2 Å². The van der Waals surface area contributed by atoms with Crippen LogP contribution >= 0.6 is 15.9 Å². The summed E-state index contributed by atoms with van der Waals surface area (Å²) in [6, 6.07) is 14.3. The van der Waals surface area contributed by atoms with E-state index in [2.05, 4.69) is 26.2 Å². The van der Waals surface area contributed by atoms with Gasteiger partial charge in [-0.25, -0.2) is 4.68 Å². The molecule has 2 heterocycles. The molecule has 1 atom stereocenters. The zero-order valence-corrected chi connectivity index (χ0v) is 19.2. The molecule has 0 N–H and O–H groups in total. The standard InChI is InChI=1S/C23H20BrN3O5/c1-29-19-12-15(13-20(30-2)21(19)24)17-8-9-18(32-17)22(28)23(31-3)14-4-6-16(7-5-14)27-11-10-25-26-27/h4-13,23H,1-3H3. The highest BCUT2D eigenvalue weighted by molar-refractivity contribution is 9.10. The van der Waals surface area contributed by atoms with E-state index < -0.39 is 6.10 Å². The van der Waals surface area contributed by atoms with Gasteiger partial charge in [0.1, 0.15) is 27.8 Å². The summed E-state index contributed by atoms with van der Waals surface area (Å²) in [6.45, 7) is 0. The van der Waals surface area contributed by atoms with Gasteiger partial charge in [-0.05, 0) is 57.9 Å². The number of rotatable bonds is 8. The van der Waals surface area contributed by atoms with Crippen molar-refractivity contribution in [1.29, 1.82) is 0 Å². The molecular weight excluding hydrogens is 478 g/mol. The maximum absolute atomic E-state index is 13.1. The van der Waals surface area contributed by atoms with Crippen LogP contribution in [0.25, 0.3) is 17.0 Å². The molecule has 1 unspecified atom stereocenters. The number of benzene rings is 2. The molecule has 8 nitrogen and oxygen atoms in total. The number of carbonyl (C=O) groups excluding carboxylic acids is 1. The lowest BCUT2D eigenvalue weighted by atomic mass is 10.0. The monoisotopic (exact) mass is 497 g/mol. The van der Waals surface area contributed by atoms with Crippen LogP contribution in [0.5, 0.6) is 11.5 Å². The SMILES string of the molecule is COc1cc(-c2ccc(C(=O)C(OC)c3ccc(-n4ccnn4)cc3)o2)cc(OC)c1Br. The highest BCUT2D eigenvalue weighted by Gasteiger charge is 2.25. The average molecular weight is 498 g/mol. The third kappa shape index (κ3) is 4.17. The molecule has 9 heteroatoms. The Morgan fingerprint density at radius 2 is 1.72 bits per heavy atom. The normalized spacial score (nSPS) is 11.9. The molecule has 0 radical (unpaired) electrons. The Labute approximate surface area is 192 Å². The maximum atomic E-state index is 13.1. The highest BCUT2D eigenvalue weighted by atomic mass is 79.9. The van der Waals surface area contributed by atoms with Crippen molar-refractivity contribution >= 4 is 21.7 Å². The molecule has 4 aromatic rings. The number of aromatic nitrogens is 3. The van der Waals surface area contributed by atoms with E-state index in [-0.39, 0.29) is 11.5 Å². The van der Waals surface area contributed by atoms with Crippen molar-refractivity contribution in [3.8, 4) is 28.5 Å². The number of ketones is 1. The van der Waals surface area contributed by atoms with E-state index in [1.807, 2.05) is 24.3 Å². The van der Waals surface area contributed by atoms with Gasteiger partial charge in [-0.1, -0.05) is 17.3 Å². The van der Waals surface area contributed by atoms with E-state index in [1.165, 1.54) is 7.11 Å². The van der Waals surface area contributed by atoms with Crippen LogP contribution in [0.3, 0.4) is 0 Å². The van der Waals surface area contributed by atoms with Gasteiger partial charge >= 0.3 is 0 Å². The van der Waals surface area contributed by atoms with Crippen molar-refractivity contribution in [3.63, 3.8) is 0 Å². The lowest BCUT2D eigenvalue weighted by Gasteiger charge is -2.14. The number of methoxy groups -OCH3 is 3. The first-order valence-electron chi connectivity index (χ1n) is 9.61. The van der Waals surface area contributed by atoms with E-state index in [0.29, 0.717) is 32.9 Å². The fourth-order valence-electron chi connectivity index (χ4n) is 3.31. The smallest absolute Gasteiger partial charge is 0.231 e. The van der Waals surface area contributed by atoms with Gasteiger partial charge in [-0.15, -0.1) is 5.10 Å². The van der Waals surface area contributed by atoms with Crippen LogP contribution < -0.4 is 9.47 Å². The first-order chi connectivity index (χ1) is 15.5. The molecule has 0 bridgehead atoms. The summed E-state index contributed by atoms with van der Waals surface area (Å²) in [4.78, 5) is 13.1. The third-order valence-corrected chi connectivity index (χ3v) is 5.72. The number of furan rings is 1. The molecule has 0 saturated heterocycles. The van der Waals surface area contributed by atoms with Gasteiger partial charge in [0.15, 0.2) is 5.76 Å². The number of ether oxygens (including phenoxy) is 3. The quantitative estimate of drug-likeness (QED) is 0.320. The Kier molecular flexibility index (Phi) is 6.38. The summed E-state index contributed by atoms with van der Waals surface area (Å²) in [6.07, 6.45) is 2.53. The average Bonchev–Trinajstić information content (AvgIpc) is 3.53. The van der Waals surface area contributed by atoms with Crippen molar-refractivity contribution in [3.05, 3.63) is 76.7 Å². The van der Waals surface area contributed by atoms with E-state index in [4.69, 9.17) is 18.6 Å². The summed E-state index contributed by atoms with van der Waals surface area (Å²) in [7, 11) is 4.62. The topological polar surface area (TPSA) is 88.6 Å². The Hall–Kier alpha value is -3.43. The van der Waals surface area contributed by atoms with Gasteiger partial charge in [0.2, 0.25) is 5.78 Å². The first-order valence-corrected chi connectivity index (χ1v) is 10.4. The van der Waals surface area contributed by atoms with E-state index >= 15 is 0 Å². The van der Waals surface area contributed by atoms with Crippen molar-refractivity contribution in [2.24, 2.45) is 0 Å². The molecule has 2 aromatic carbocycles. The maximum Gasteiger partial charge on any atom is 0.231 e. The van der Waals surface area contributed by atoms with Crippen molar-refractivity contribution in [2.45, 2.75) is 6.10 Å². The zero-order chi connectivity index (χ0) is 22.7. The van der Waals surface area contributed by atoms with Crippen LogP contribution in [0, 0.1) is 0 Å².